The van der Waals surface area contributed by atoms with Gasteiger partial charge >= 0.3 is 0 Å². The monoisotopic (exact) mass is 640 g/mol. The molecule has 0 spiro atoms. The molecule has 0 aliphatic carbocycles. The van der Waals surface area contributed by atoms with Crippen molar-refractivity contribution in [2.75, 3.05) is 33.5 Å². The average molecular weight is 641 g/mol. The van der Waals surface area contributed by atoms with Crippen molar-refractivity contribution in [3.8, 4) is 22.8 Å². The largest absolute Gasteiger partial charge is 0.469 e. The molecule has 1 aliphatic heterocycles. The van der Waals surface area contributed by atoms with Gasteiger partial charge in [-0.05, 0) is 59.1 Å². The van der Waals surface area contributed by atoms with E-state index in [0.717, 1.165) is 23.2 Å². The molecule has 0 bridgehead atoms. The van der Waals surface area contributed by atoms with Crippen LogP contribution in [0.3, 0.4) is 0 Å². The van der Waals surface area contributed by atoms with Crippen LogP contribution in [0.15, 0.2) is 58.7 Å². The van der Waals surface area contributed by atoms with Crippen molar-refractivity contribution in [3.05, 3.63) is 59.9 Å². The molecule has 1 aliphatic rings. The molecule has 3 aromatic rings. The minimum absolute atomic E-state index is 0.0481. The highest BCUT2D eigenvalue weighted by molar-refractivity contribution is 7.90. The topological polar surface area (TPSA) is 123 Å². The van der Waals surface area contributed by atoms with Gasteiger partial charge in [-0.25, -0.2) is 18.4 Å². The number of nitrogens with zero attached hydrogens (tertiary/aromatic N) is 3. The number of H-pyrrole nitrogens is 1. The van der Waals surface area contributed by atoms with E-state index in [1.807, 2.05) is 12.1 Å². The molecule has 0 saturated carbocycles. The highest BCUT2D eigenvalue weighted by Crippen LogP contribution is 2.42. The lowest BCUT2D eigenvalue weighted by molar-refractivity contribution is 0.0827. The lowest BCUT2D eigenvalue weighted by Gasteiger charge is -2.42. The van der Waals surface area contributed by atoms with Crippen LogP contribution >= 0.6 is 0 Å². The SMILES string of the molecule is CC(C)[Si](OC[C@H]1CN=C(c2ccc(-c3cc(Oc4ccc(S(C)(=O)=O)nc4)cc(C(=O)N(C)C)c3)[nH]2)O1)(C(C)C)C(C)C. The number of carbonyl (C=O) groups excluding carboxylic acids is 1. The Bertz CT molecular complexity index is 1590. The third-order valence-corrected chi connectivity index (χ3v) is 15.1. The Labute approximate surface area is 261 Å². The van der Waals surface area contributed by atoms with Gasteiger partial charge in [-0.15, -0.1) is 0 Å². The molecule has 0 fully saturated rings. The fourth-order valence-corrected chi connectivity index (χ4v) is 12.1. The van der Waals surface area contributed by atoms with Gasteiger partial charge in [-0.1, -0.05) is 41.5 Å². The van der Waals surface area contributed by atoms with Crippen LogP contribution in [0.2, 0.25) is 16.6 Å². The summed E-state index contributed by atoms with van der Waals surface area (Å²) in [5.41, 5.74) is 4.10. The molecule has 0 radical (unpaired) electrons. The molecule has 1 atom stereocenters. The Hall–Kier alpha value is -3.48. The second-order valence-corrected chi connectivity index (χ2v) is 19.9. The Morgan fingerprint density at radius 3 is 2.23 bits per heavy atom. The summed E-state index contributed by atoms with van der Waals surface area (Å²) in [6.07, 6.45) is 2.29. The molecule has 238 valence electrons. The van der Waals surface area contributed by atoms with E-state index in [-0.39, 0.29) is 17.0 Å². The number of hydrogen-bond donors (Lipinski definition) is 1. The number of aromatic nitrogens is 2. The van der Waals surface area contributed by atoms with Gasteiger partial charge in [0.1, 0.15) is 23.3 Å². The van der Waals surface area contributed by atoms with Gasteiger partial charge in [0.15, 0.2) is 14.9 Å². The van der Waals surface area contributed by atoms with Crippen LogP contribution in [-0.4, -0.2) is 83.0 Å². The van der Waals surface area contributed by atoms with Crippen LogP contribution in [0.1, 0.15) is 57.6 Å². The number of rotatable bonds is 12. The molecule has 1 N–H and O–H groups in total. The predicted octanol–water partition coefficient (Wildman–Crippen LogP) is 6.31. The highest BCUT2D eigenvalue weighted by atomic mass is 32.2. The molecule has 1 aromatic carbocycles. The summed E-state index contributed by atoms with van der Waals surface area (Å²) in [5, 5.41) is -0.0481. The number of carbonyl (C=O) groups is 1. The van der Waals surface area contributed by atoms with Crippen molar-refractivity contribution < 1.29 is 27.1 Å². The van der Waals surface area contributed by atoms with Gasteiger partial charge in [-0.3, -0.25) is 4.79 Å². The van der Waals surface area contributed by atoms with Gasteiger partial charge in [0.2, 0.25) is 14.2 Å². The molecule has 2 aromatic heterocycles. The number of sulfone groups is 1. The number of ether oxygens (including phenoxy) is 2. The number of hydrogen-bond acceptors (Lipinski definition) is 8. The number of aliphatic imine (C=N–C) groups is 1. The molecule has 44 heavy (non-hydrogen) atoms. The first-order valence-electron chi connectivity index (χ1n) is 14.9. The van der Waals surface area contributed by atoms with E-state index in [0.29, 0.717) is 52.7 Å². The van der Waals surface area contributed by atoms with E-state index in [9.17, 15) is 13.2 Å². The Balaban J connectivity index is 1.53. The van der Waals surface area contributed by atoms with E-state index in [4.69, 9.17) is 13.9 Å². The molecule has 0 saturated heterocycles. The van der Waals surface area contributed by atoms with E-state index >= 15 is 0 Å². The summed E-state index contributed by atoms with van der Waals surface area (Å²) in [6.45, 7) is 14.7. The number of pyridine rings is 1. The summed E-state index contributed by atoms with van der Waals surface area (Å²) < 4.78 is 42.5. The maximum absolute atomic E-state index is 12.9. The van der Waals surface area contributed by atoms with Gasteiger partial charge in [0.05, 0.1) is 19.3 Å². The van der Waals surface area contributed by atoms with E-state index in [1.54, 1.807) is 32.3 Å². The van der Waals surface area contributed by atoms with Crippen LogP contribution in [0.4, 0.5) is 0 Å². The number of aromatic amines is 1. The van der Waals surface area contributed by atoms with Crippen LogP contribution in [0.5, 0.6) is 11.5 Å². The van der Waals surface area contributed by atoms with E-state index in [1.165, 1.54) is 23.2 Å². The van der Waals surface area contributed by atoms with Crippen LogP contribution < -0.4 is 4.74 Å². The van der Waals surface area contributed by atoms with Gasteiger partial charge in [-0.2, -0.15) is 0 Å². The van der Waals surface area contributed by atoms with Gasteiger partial charge in [0, 0.05) is 37.2 Å². The van der Waals surface area contributed by atoms with Crippen molar-refractivity contribution in [2.45, 2.75) is 69.3 Å². The van der Waals surface area contributed by atoms with Gasteiger partial charge in [0.25, 0.3) is 5.91 Å². The zero-order chi connectivity index (χ0) is 32.4. The first-order chi connectivity index (χ1) is 20.6. The van der Waals surface area contributed by atoms with Crippen molar-refractivity contribution >= 4 is 30.0 Å². The smallest absolute Gasteiger partial charge is 0.253 e. The summed E-state index contributed by atoms with van der Waals surface area (Å²) in [5.74, 6) is 1.08. The average Bonchev–Trinajstić information content (AvgIpc) is 3.62. The first-order valence-corrected chi connectivity index (χ1v) is 18.9. The van der Waals surface area contributed by atoms with Crippen molar-refractivity contribution in [1.29, 1.82) is 0 Å². The maximum atomic E-state index is 12.9. The van der Waals surface area contributed by atoms with Crippen molar-refractivity contribution in [1.82, 2.24) is 14.9 Å². The minimum Gasteiger partial charge on any atom is -0.469 e. The molecule has 0 unspecified atom stereocenters. The molecule has 12 heteroatoms. The fraction of sp³-hybridized carbons (Fsp3) is 0.469. The third-order valence-electron chi connectivity index (χ3n) is 8.06. The predicted molar refractivity (Wildman–Crippen MR) is 175 cm³/mol. The Morgan fingerprint density at radius 1 is 1.00 bits per heavy atom. The Morgan fingerprint density at radius 2 is 1.66 bits per heavy atom. The standard InChI is InChI=1S/C32H44N4O6SSi/c1-20(2)44(21(3)4,22(5)6)40-19-27-18-34-31(42-27)29-12-11-28(35-29)23-14-24(32(37)36(7)8)16-26(15-23)41-25-10-13-30(33-17-25)43(9,38)39/h10-17,20-22,27,35H,18-19H2,1-9H3/t27-/m1/s1. The van der Waals surface area contributed by atoms with Crippen LogP contribution in [0, 0.1) is 0 Å². The molecule has 4 rings (SSSR count). The number of amides is 1. The third kappa shape index (κ3) is 7.24. The second-order valence-electron chi connectivity index (χ2n) is 12.5. The van der Waals surface area contributed by atoms with Crippen LogP contribution in [0.25, 0.3) is 11.3 Å². The summed E-state index contributed by atoms with van der Waals surface area (Å²) >= 11 is 0. The minimum atomic E-state index is -3.44. The van der Waals surface area contributed by atoms with Gasteiger partial charge < -0.3 is 23.8 Å². The second kappa shape index (κ2) is 13.3. The fourth-order valence-electron chi connectivity index (χ4n) is 6.06. The van der Waals surface area contributed by atoms with E-state index in [2.05, 4.69) is 56.5 Å². The summed E-state index contributed by atoms with van der Waals surface area (Å²) in [4.78, 5) is 26.5. The Kier molecular flexibility index (Phi) is 10.1. The van der Waals surface area contributed by atoms with Crippen molar-refractivity contribution in [2.24, 2.45) is 4.99 Å². The number of benzene rings is 1. The van der Waals surface area contributed by atoms with Crippen molar-refractivity contribution in [3.63, 3.8) is 0 Å². The zero-order valence-corrected chi connectivity index (χ0v) is 28.9. The molecule has 10 nitrogen and oxygen atoms in total. The number of nitrogens with one attached hydrogen (secondary N) is 1. The quantitative estimate of drug-likeness (QED) is 0.230. The normalized spacial score (nSPS) is 15.5. The summed E-state index contributed by atoms with van der Waals surface area (Å²) in [7, 11) is -2.09. The molecular formula is C32H44N4O6SSi. The lowest BCUT2D eigenvalue weighted by atomic mass is 10.1. The van der Waals surface area contributed by atoms with E-state index < -0.39 is 18.2 Å². The summed E-state index contributed by atoms with van der Waals surface area (Å²) in [6, 6.07) is 12.0. The molecule has 3 heterocycles. The zero-order valence-electron chi connectivity index (χ0n) is 27.0. The first kappa shape index (κ1) is 33.4. The maximum Gasteiger partial charge on any atom is 0.253 e. The lowest BCUT2D eigenvalue weighted by Crippen LogP contribution is -2.49. The molecule has 1 amide bonds. The molecular weight excluding hydrogens is 597 g/mol. The highest BCUT2D eigenvalue weighted by Gasteiger charge is 2.45. The van der Waals surface area contributed by atoms with Crippen LogP contribution in [-0.2, 0) is 19.0 Å².